The van der Waals surface area contributed by atoms with Crippen LogP contribution in [0.3, 0.4) is 0 Å². The van der Waals surface area contributed by atoms with Gasteiger partial charge in [-0.3, -0.25) is 9.59 Å². The minimum absolute atomic E-state index is 0.0881. The Bertz CT molecular complexity index is 920. The number of ether oxygens (including phenoxy) is 1. The third-order valence-electron chi connectivity index (χ3n) is 4.18. The van der Waals surface area contributed by atoms with Crippen molar-refractivity contribution >= 4 is 17.5 Å². The van der Waals surface area contributed by atoms with Gasteiger partial charge in [-0.15, -0.1) is 0 Å². The van der Waals surface area contributed by atoms with E-state index < -0.39 is 5.91 Å². The van der Waals surface area contributed by atoms with Gasteiger partial charge in [0.2, 0.25) is 11.8 Å². The number of nitrogens with two attached hydrogens (primary N) is 1. The molecule has 0 aromatic heterocycles. The first-order valence-corrected chi connectivity index (χ1v) is 9.05. The zero-order valence-electron chi connectivity index (χ0n) is 15.4. The molecule has 0 aliphatic carbocycles. The summed E-state index contributed by atoms with van der Waals surface area (Å²) in [5, 5.41) is 2.87. The fourth-order valence-corrected chi connectivity index (χ4v) is 2.74. The standard InChI is InChI=1S/C23H22N2O3/c24-22(26)14-15-28-21-12-10-20(11-13-21)25-23(27)16-17-6-8-19(9-7-17)18-4-2-1-3-5-18/h1-13H,14-16H2,(H2,24,26)(H,25,27). The lowest BCUT2D eigenvalue weighted by molar-refractivity contribution is -0.118. The van der Waals surface area contributed by atoms with E-state index in [2.05, 4.69) is 17.4 Å². The van der Waals surface area contributed by atoms with Gasteiger partial charge in [-0.1, -0.05) is 54.6 Å². The summed E-state index contributed by atoms with van der Waals surface area (Å²) in [7, 11) is 0. The maximum Gasteiger partial charge on any atom is 0.228 e. The highest BCUT2D eigenvalue weighted by Crippen LogP contribution is 2.20. The van der Waals surface area contributed by atoms with Crippen LogP contribution in [0, 0.1) is 0 Å². The molecule has 0 bridgehead atoms. The highest BCUT2D eigenvalue weighted by molar-refractivity contribution is 5.92. The van der Waals surface area contributed by atoms with Crippen molar-refractivity contribution in [1.82, 2.24) is 0 Å². The zero-order chi connectivity index (χ0) is 19.8. The van der Waals surface area contributed by atoms with E-state index in [4.69, 9.17) is 10.5 Å². The number of nitrogens with one attached hydrogen (secondary N) is 1. The molecule has 3 aromatic carbocycles. The van der Waals surface area contributed by atoms with Crippen LogP contribution >= 0.6 is 0 Å². The second-order valence-electron chi connectivity index (χ2n) is 6.38. The first-order valence-electron chi connectivity index (χ1n) is 9.05. The van der Waals surface area contributed by atoms with Crippen LogP contribution in [-0.4, -0.2) is 18.4 Å². The maximum absolute atomic E-state index is 12.3. The summed E-state index contributed by atoms with van der Waals surface area (Å²) < 4.78 is 5.41. The maximum atomic E-state index is 12.3. The summed E-state index contributed by atoms with van der Waals surface area (Å²) in [5.74, 6) is 0.131. The van der Waals surface area contributed by atoms with Crippen molar-refractivity contribution in [1.29, 1.82) is 0 Å². The van der Waals surface area contributed by atoms with Crippen molar-refractivity contribution in [3.63, 3.8) is 0 Å². The van der Waals surface area contributed by atoms with Crippen LogP contribution in [0.4, 0.5) is 5.69 Å². The Morgan fingerprint density at radius 2 is 1.46 bits per heavy atom. The molecule has 0 radical (unpaired) electrons. The van der Waals surface area contributed by atoms with Gasteiger partial charge in [0.25, 0.3) is 0 Å². The average molecular weight is 374 g/mol. The Balaban J connectivity index is 1.52. The summed E-state index contributed by atoms with van der Waals surface area (Å²) in [4.78, 5) is 23.0. The van der Waals surface area contributed by atoms with E-state index in [1.165, 1.54) is 0 Å². The molecule has 2 amide bonds. The van der Waals surface area contributed by atoms with Crippen LogP contribution in [0.2, 0.25) is 0 Å². The molecule has 0 saturated heterocycles. The number of primary amides is 1. The third-order valence-corrected chi connectivity index (χ3v) is 4.18. The Kier molecular flexibility index (Phi) is 6.41. The van der Waals surface area contributed by atoms with Gasteiger partial charge in [0.1, 0.15) is 5.75 Å². The molecule has 0 unspecified atom stereocenters. The van der Waals surface area contributed by atoms with E-state index in [0.29, 0.717) is 17.9 Å². The van der Waals surface area contributed by atoms with E-state index in [1.807, 2.05) is 42.5 Å². The first kappa shape index (κ1) is 19.2. The lowest BCUT2D eigenvalue weighted by atomic mass is 10.0. The molecule has 3 N–H and O–H groups in total. The molecule has 0 saturated carbocycles. The number of hydrogen-bond donors (Lipinski definition) is 2. The molecule has 0 fully saturated rings. The molecule has 5 heteroatoms. The molecule has 3 rings (SSSR count). The Morgan fingerprint density at radius 1 is 0.821 bits per heavy atom. The summed E-state index contributed by atoms with van der Waals surface area (Å²) >= 11 is 0. The Hall–Kier alpha value is -3.60. The van der Waals surface area contributed by atoms with Gasteiger partial charge in [-0.2, -0.15) is 0 Å². The van der Waals surface area contributed by atoms with E-state index >= 15 is 0 Å². The van der Waals surface area contributed by atoms with Gasteiger partial charge in [-0.25, -0.2) is 0 Å². The van der Waals surface area contributed by atoms with Crippen molar-refractivity contribution in [2.45, 2.75) is 12.8 Å². The smallest absolute Gasteiger partial charge is 0.228 e. The Morgan fingerprint density at radius 3 is 2.11 bits per heavy atom. The van der Waals surface area contributed by atoms with Crippen molar-refractivity contribution in [2.75, 3.05) is 11.9 Å². The number of amides is 2. The highest BCUT2D eigenvalue weighted by Gasteiger charge is 2.06. The number of carbonyl (C=O) groups excluding carboxylic acids is 2. The third kappa shape index (κ3) is 5.71. The predicted octanol–water partition coefficient (Wildman–Crippen LogP) is 3.79. The van der Waals surface area contributed by atoms with Crippen LogP contribution in [0.25, 0.3) is 11.1 Å². The van der Waals surface area contributed by atoms with E-state index in [0.717, 1.165) is 16.7 Å². The van der Waals surface area contributed by atoms with Gasteiger partial charge in [0.15, 0.2) is 0 Å². The van der Waals surface area contributed by atoms with Crippen molar-refractivity contribution in [3.05, 3.63) is 84.4 Å². The largest absolute Gasteiger partial charge is 0.493 e. The summed E-state index contributed by atoms with van der Waals surface area (Å²) in [6, 6.07) is 25.1. The zero-order valence-corrected chi connectivity index (χ0v) is 15.4. The number of hydrogen-bond acceptors (Lipinski definition) is 3. The average Bonchev–Trinajstić information content (AvgIpc) is 2.70. The van der Waals surface area contributed by atoms with Gasteiger partial charge in [0.05, 0.1) is 19.4 Å². The van der Waals surface area contributed by atoms with Crippen LogP contribution in [0.1, 0.15) is 12.0 Å². The van der Waals surface area contributed by atoms with E-state index in [1.54, 1.807) is 24.3 Å². The lowest BCUT2D eigenvalue weighted by Gasteiger charge is -2.08. The first-order chi connectivity index (χ1) is 13.6. The highest BCUT2D eigenvalue weighted by atomic mass is 16.5. The van der Waals surface area contributed by atoms with Crippen molar-refractivity contribution in [2.24, 2.45) is 5.73 Å². The molecule has 5 nitrogen and oxygen atoms in total. The number of carbonyl (C=O) groups is 2. The fourth-order valence-electron chi connectivity index (χ4n) is 2.74. The molecule has 3 aromatic rings. The number of rotatable bonds is 8. The molecule has 142 valence electrons. The van der Waals surface area contributed by atoms with Crippen molar-refractivity contribution in [3.8, 4) is 16.9 Å². The molecular weight excluding hydrogens is 352 g/mol. The summed E-state index contributed by atoms with van der Waals surface area (Å²) in [5.41, 5.74) is 8.98. The Labute approximate surface area is 164 Å². The summed E-state index contributed by atoms with van der Waals surface area (Å²) in [6.07, 6.45) is 0.466. The molecule has 0 atom stereocenters. The normalized spacial score (nSPS) is 10.3. The lowest BCUT2D eigenvalue weighted by Crippen LogP contribution is -2.15. The predicted molar refractivity (Wildman–Crippen MR) is 110 cm³/mol. The topological polar surface area (TPSA) is 81.4 Å². The second kappa shape index (κ2) is 9.37. The van der Waals surface area contributed by atoms with Crippen LogP contribution in [0.5, 0.6) is 5.75 Å². The molecular formula is C23H22N2O3. The van der Waals surface area contributed by atoms with Crippen LogP contribution in [0.15, 0.2) is 78.9 Å². The minimum Gasteiger partial charge on any atom is -0.493 e. The van der Waals surface area contributed by atoms with Crippen molar-refractivity contribution < 1.29 is 14.3 Å². The molecule has 28 heavy (non-hydrogen) atoms. The van der Waals surface area contributed by atoms with Gasteiger partial charge in [0, 0.05) is 5.69 Å². The fraction of sp³-hybridized carbons (Fsp3) is 0.130. The minimum atomic E-state index is -0.402. The van der Waals surface area contributed by atoms with Gasteiger partial charge >= 0.3 is 0 Å². The SMILES string of the molecule is NC(=O)CCOc1ccc(NC(=O)Cc2ccc(-c3ccccc3)cc2)cc1. The van der Waals surface area contributed by atoms with E-state index in [-0.39, 0.29) is 18.9 Å². The molecule has 0 heterocycles. The second-order valence-corrected chi connectivity index (χ2v) is 6.38. The molecule has 0 aliphatic heterocycles. The summed E-state index contributed by atoms with van der Waals surface area (Å²) in [6.45, 7) is 0.236. The van der Waals surface area contributed by atoms with Gasteiger partial charge in [-0.05, 0) is 41.0 Å². The van der Waals surface area contributed by atoms with Crippen LogP contribution in [-0.2, 0) is 16.0 Å². The monoisotopic (exact) mass is 374 g/mol. The molecule has 0 aliphatic rings. The number of anilines is 1. The number of benzene rings is 3. The van der Waals surface area contributed by atoms with E-state index in [9.17, 15) is 9.59 Å². The van der Waals surface area contributed by atoms with Crippen LogP contribution < -0.4 is 15.8 Å². The van der Waals surface area contributed by atoms with Gasteiger partial charge < -0.3 is 15.8 Å². The molecule has 0 spiro atoms. The quantitative estimate of drug-likeness (QED) is 0.629.